The van der Waals surface area contributed by atoms with Crippen molar-refractivity contribution in [2.24, 2.45) is 4.99 Å². The number of aliphatic imine (C=N–C) groups is 1. The number of nitrogens with one attached hydrogen (secondary N) is 1. The number of rotatable bonds is 5. The van der Waals surface area contributed by atoms with Crippen LogP contribution in [-0.4, -0.2) is 68.5 Å². The van der Waals surface area contributed by atoms with Crippen LogP contribution in [0.5, 0.6) is 5.75 Å². The number of carbonyl (C=O) groups excluding carboxylic acids is 1. The molecule has 1 aromatic carbocycles. The van der Waals surface area contributed by atoms with Gasteiger partial charge in [0.15, 0.2) is 11.7 Å². The van der Waals surface area contributed by atoms with E-state index in [1.165, 1.54) is 6.26 Å². The molecule has 0 bridgehead atoms. The fourth-order valence-electron chi connectivity index (χ4n) is 3.18. The highest BCUT2D eigenvalue weighted by atomic mass is 35.5. The van der Waals surface area contributed by atoms with Gasteiger partial charge in [0.25, 0.3) is 5.91 Å². The maximum atomic E-state index is 12.4. The third-order valence-electron chi connectivity index (χ3n) is 4.75. The van der Waals surface area contributed by atoms with Gasteiger partial charge in [-0.2, -0.15) is 0 Å². The van der Waals surface area contributed by atoms with Crippen molar-refractivity contribution < 1.29 is 13.9 Å². The first kappa shape index (κ1) is 20.1. The third-order valence-corrected chi connectivity index (χ3v) is 5.10. The van der Waals surface area contributed by atoms with E-state index in [0.717, 1.165) is 36.8 Å². The molecule has 150 valence electrons. The lowest BCUT2D eigenvalue weighted by Gasteiger charge is -2.36. The van der Waals surface area contributed by atoms with Gasteiger partial charge in [0.1, 0.15) is 5.75 Å². The summed E-state index contributed by atoms with van der Waals surface area (Å²) in [4.78, 5) is 20.7. The van der Waals surface area contributed by atoms with Crippen LogP contribution >= 0.6 is 11.6 Å². The number of amides is 1. The fourth-order valence-corrected chi connectivity index (χ4v) is 3.44. The fraction of sp³-hybridized carbons (Fsp3) is 0.400. The van der Waals surface area contributed by atoms with Crippen molar-refractivity contribution in [2.45, 2.75) is 6.42 Å². The zero-order valence-corrected chi connectivity index (χ0v) is 16.9. The summed E-state index contributed by atoms with van der Waals surface area (Å²) in [5.74, 6) is 1.89. The zero-order chi connectivity index (χ0) is 19.9. The van der Waals surface area contributed by atoms with Crippen LogP contribution in [0.25, 0.3) is 0 Å². The number of halogens is 1. The van der Waals surface area contributed by atoms with Gasteiger partial charge < -0.3 is 24.3 Å². The molecule has 1 aromatic heterocycles. The Morgan fingerprint density at radius 2 is 2.00 bits per heavy atom. The zero-order valence-electron chi connectivity index (χ0n) is 16.2. The van der Waals surface area contributed by atoms with E-state index in [-0.39, 0.29) is 5.91 Å². The number of piperazine rings is 1. The average Bonchev–Trinajstić information content (AvgIpc) is 3.27. The van der Waals surface area contributed by atoms with Gasteiger partial charge >= 0.3 is 0 Å². The molecular weight excluding hydrogens is 380 g/mol. The molecule has 28 heavy (non-hydrogen) atoms. The Morgan fingerprint density at radius 1 is 1.25 bits per heavy atom. The van der Waals surface area contributed by atoms with E-state index in [1.807, 2.05) is 18.2 Å². The molecule has 1 fully saturated rings. The standard InChI is InChI=1S/C20H25ClN4O3/c1-22-20(23-8-7-15-5-6-16(27-2)14-17(15)21)25-11-9-24(10-12-25)19(26)18-4-3-13-28-18/h3-6,13-14H,7-12H2,1-2H3,(H,22,23). The van der Waals surface area contributed by atoms with Gasteiger partial charge in [-0.15, -0.1) is 0 Å². The van der Waals surface area contributed by atoms with E-state index in [4.69, 9.17) is 20.8 Å². The van der Waals surface area contributed by atoms with E-state index in [2.05, 4.69) is 15.2 Å². The number of furan rings is 1. The lowest BCUT2D eigenvalue weighted by Crippen LogP contribution is -2.54. The van der Waals surface area contributed by atoms with E-state index >= 15 is 0 Å². The van der Waals surface area contributed by atoms with Crippen LogP contribution in [0, 0.1) is 0 Å². The summed E-state index contributed by atoms with van der Waals surface area (Å²) in [5, 5.41) is 4.07. The quantitative estimate of drug-likeness (QED) is 0.612. The molecular formula is C20H25ClN4O3. The minimum atomic E-state index is -0.0678. The lowest BCUT2D eigenvalue weighted by molar-refractivity contribution is 0.0658. The molecule has 0 radical (unpaired) electrons. The average molecular weight is 405 g/mol. The first-order chi connectivity index (χ1) is 13.6. The summed E-state index contributed by atoms with van der Waals surface area (Å²) in [5.41, 5.74) is 1.05. The van der Waals surface area contributed by atoms with Crippen molar-refractivity contribution in [3.8, 4) is 5.75 Å². The van der Waals surface area contributed by atoms with Crippen molar-refractivity contribution in [1.29, 1.82) is 0 Å². The number of methoxy groups -OCH3 is 1. The van der Waals surface area contributed by atoms with Gasteiger partial charge in [0.05, 0.1) is 13.4 Å². The van der Waals surface area contributed by atoms with Crippen LogP contribution in [-0.2, 0) is 6.42 Å². The third kappa shape index (κ3) is 4.78. The summed E-state index contributed by atoms with van der Waals surface area (Å²) in [6.07, 6.45) is 2.29. The Kier molecular flexibility index (Phi) is 6.81. The second-order valence-corrected chi connectivity index (χ2v) is 6.85. The number of benzene rings is 1. The molecule has 0 spiro atoms. The second-order valence-electron chi connectivity index (χ2n) is 6.44. The van der Waals surface area contributed by atoms with Crippen LogP contribution in [0.15, 0.2) is 46.0 Å². The van der Waals surface area contributed by atoms with Crippen molar-refractivity contribution in [3.05, 3.63) is 52.9 Å². The van der Waals surface area contributed by atoms with Crippen LogP contribution in [0.3, 0.4) is 0 Å². The van der Waals surface area contributed by atoms with E-state index in [9.17, 15) is 4.79 Å². The maximum absolute atomic E-state index is 12.4. The Morgan fingerprint density at radius 3 is 2.61 bits per heavy atom. The molecule has 8 heteroatoms. The highest BCUT2D eigenvalue weighted by Crippen LogP contribution is 2.22. The Bertz CT molecular complexity index is 815. The largest absolute Gasteiger partial charge is 0.497 e. The first-order valence-electron chi connectivity index (χ1n) is 9.23. The summed E-state index contributed by atoms with van der Waals surface area (Å²) in [6.45, 7) is 3.41. The Hall–Kier alpha value is -2.67. The molecule has 0 saturated carbocycles. The molecule has 0 aliphatic carbocycles. The molecule has 1 N–H and O–H groups in total. The predicted molar refractivity (Wildman–Crippen MR) is 109 cm³/mol. The molecule has 1 aliphatic heterocycles. The number of guanidine groups is 1. The smallest absolute Gasteiger partial charge is 0.289 e. The van der Waals surface area contributed by atoms with Gasteiger partial charge in [-0.1, -0.05) is 17.7 Å². The SMILES string of the molecule is CN=C(NCCc1ccc(OC)cc1Cl)N1CCN(C(=O)c2ccco2)CC1. The molecule has 1 aliphatic rings. The molecule has 2 heterocycles. The number of hydrogen-bond donors (Lipinski definition) is 1. The van der Waals surface area contributed by atoms with Crippen molar-refractivity contribution in [3.63, 3.8) is 0 Å². The van der Waals surface area contributed by atoms with Crippen LogP contribution in [0.1, 0.15) is 16.1 Å². The van der Waals surface area contributed by atoms with Gasteiger partial charge in [0, 0.05) is 44.8 Å². The topological polar surface area (TPSA) is 70.3 Å². The Labute approximate surface area is 169 Å². The van der Waals surface area contributed by atoms with Gasteiger partial charge in [-0.3, -0.25) is 9.79 Å². The lowest BCUT2D eigenvalue weighted by atomic mass is 10.1. The van der Waals surface area contributed by atoms with E-state index in [0.29, 0.717) is 30.4 Å². The van der Waals surface area contributed by atoms with Crippen molar-refractivity contribution >= 4 is 23.5 Å². The summed E-state index contributed by atoms with van der Waals surface area (Å²) >= 11 is 6.30. The number of carbonyl (C=O) groups is 1. The predicted octanol–water partition coefficient (Wildman–Crippen LogP) is 2.52. The van der Waals surface area contributed by atoms with E-state index in [1.54, 1.807) is 31.2 Å². The number of hydrogen-bond acceptors (Lipinski definition) is 4. The van der Waals surface area contributed by atoms with Gasteiger partial charge in [-0.25, -0.2) is 0 Å². The summed E-state index contributed by atoms with van der Waals surface area (Å²) in [7, 11) is 3.39. The van der Waals surface area contributed by atoms with Crippen LogP contribution in [0.2, 0.25) is 5.02 Å². The molecule has 1 amide bonds. The first-order valence-corrected chi connectivity index (χ1v) is 9.61. The number of nitrogens with zero attached hydrogens (tertiary/aromatic N) is 3. The maximum Gasteiger partial charge on any atom is 0.289 e. The van der Waals surface area contributed by atoms with Crippen molar-refractivity contribution in [1.82, 2.24) is 15.1 Å². The summed E-state index contributed by atoms with van der Waals surface area (Å²) in [6, 6.07) is 9.13. The van der Waals surface area contributed by atoms with Gasteiger partial charge in [-0.05, 0) is 36.2 Å². The minimum Gasteiger partial charge on any atom is -0.497 e. The molecule has 1 saturated heterocycles. The number of ether oxygens (including phenoxy) is 1. The molecule has 2 aromatic rings. The highest BCUT2D eigenvalue weighted by Gasteiger charge is 2.25. The highest BCUT2D eigenvalue weighted by molar-refractivity contribution is 6.31. The van der Waals surface area contributed by atoms with Crippen LogP contribution in [0.4, 0.5) is 0 Å². The van der Waals surface area contributed by atoms with Crippen molar-refractivity contribution in [2.75, 3.05) is 46.9 Å². The Balaban J connectivity index is 1.48. The molecule has 3 rings (SSSR count). The van der Waals surface area contributed by atoms with E-state index < -0.39 is 0 Å². The molecule has 7 nitrogen and oxygen atoms in total. The molecule has 0 atom stereocenters. The second kappa shape index (κ2) is 9.50. The monoisotopic (exact) mass is 404 g/mol. The normalized spacial score (nSPS) is 14.9. The van der Waals surface area contributed by atoms with Gasteiger partial charge in [0.2, 0.25) is 0 Å². The molecule has 0 unspecified atom stereocenters. The van der Waals surface area contributed by atoms with Crippen LogP contribution < -0.4 is 10.1 Å². The minimum absolute atomic E-state index is 0.0678. The summed E-state index contributed by atoms with van der Waals surface area (Å²) < 4.78 is 10.4.